The summed E-state index contributed by atoms with van der Waals surface area (Å²) in [6.07, 6.45) is 5.28. The van der Waals surface area contributed by atoms with Crippen molar-refractivity contribution in [3.05, 3.63) is 22.6 Å². The summed E-state index contributed by atoms with van der Waals surface area (Å²) in [5, 5.41) is 5.42. The SMILES string of the molecule is C[C@@H]1C[C@@H]1c1c(Cl)c(F)c2c(cnn2[C@H]2CCCCO2)c1B1OC(C)(C)C(C)(C)O1. The zero-order valence-electron chi connectivity index (χ0n) is 18.3. The molecule has 0 unspecified atom stereocenters. The van der Waals surface area contributed by atoms with Crippen LogP contribution in [0.3, 0.4) is 0 Å². The van der Waals surface area contributed by atoms with E-state index in [1.165, 1.54) is 0 Å². The summed E-state index contributed by atoms with van der Waals surface area (Å²) in [5.41, 5.74) is 1.02. The predicted octanol–water partition coefficient (Wildman–Crippen LogP) is 4.95. The molecule has 3 aliphatic rings. The molecule has 0 bridgehead atoms. The third-order valence-corrected chi connectivity index (χ3v) is 7.78. The average Bonchev–Trinajstić information content (AvgIpc) is 3.16. The Balaban J connectivity index is 1.72. The molecule has 0 amide bonds. The molecule has 0 N–H and O–H groups in total. The first-order chi connectivity index (χ1) is 14.1. The molecule has 0 radical (unpaired) electrons. The molecule has 2 aliphatic heterocycles. The van der Waals surface area contributed by atoms with Crippen molar-refractivity contribution in [2.45, 2.75) is 83.6 Å². The van der Waals surface area contributed by atoms with Gasteiger partial charge in [-0.1, -0.05) is 18.5 Å². The summed E-state index contributed by atoms with van der Waals surface area (Å²) in [5.74, 6) is 0.240. The number of halogens is 2. The smallest absolute Gasteiger partial charge is 0.399 e. The number of fused-ring (bicyclic) bond motifs is 1. The lowest BCUT2D eigenvalue weighted by Crippen LogP contribution is -2.41. The fourth-order valence-electron chi connectivity index (χ4n) is 4.70. The molecule has 3 heterocycles. The average molecular weight is 435 g/mol. The Morgan fingerprint density at radius 1 is 1.20 bits per heavy atom. The highest BCUT2D eigenvalue weighted by Crippen LogP contribution is 2.51. The van der Waals surface area contributed by atoms with Crippen molar-refractivity contribution >= 4 is 35.1 Å². The standard InChI is InChI=1S/C22H29BClFN2O3/c1-12-10-13(12)16-17(23-29-21(2,3)22(4,5)30-23)14-11-26-27(15-8-6-7-9-28-15)20(14)19(25)18(16)24/h11-13,15H,6-10H2,1-5H3/t12-,13+,15-/m1/s1. The van der Waals surface area contributed by atoms with Gasteiger partial charge in [-0.15, -0.1) is 0 Å². The lowest BCUT2D eigenvalue weighted by molar-refractivity contribution is -0.0369. The second-order valence-electron chi connectivity index (χ2n) is 10.0. The molecule has 5 nitrogen and oxygen atoms in total. The maximum Gasteiger partial charge on any atom is 0.495 e. The van der Waals surface area contributed by atoms with Crippen LogP contribution in [0.1, 0.15) is 78.0 Å². The van der Waals surface area contributed by atoms with Crippen LogP contribution >= 0.6 is 11.6 Å². The summed E-state index contributed by atoms with van der Waals surface area (Å²) in [4.78, 5) is 0. The minimum atomic E-state index is -0.622. The molecular weight excluding hydrogens is 406 g/mol. The Labute approximate surface area is 182 Å². The van der Waals surface area contributed by atoms with Crippen LogP contribution in [0.25, 0.3) is 10.9 Å². The van der Waals surface area contributed by atoms with Gasteiger partial charge < -0.3 is 14.0 Å². The van der Waals surface area contributed by atoms with Gasteiger partial charge in [0.25, 0.3) is 0 Å². The Bertz CT molecular complexity index is 986. The van der Waals surface area contributed by atoms with Gasteiger partial charge in [0.15, 0.2) is 12.0 Å². The van der Waals surface area contributed by atoms with Crippen LogP contribution in [0.5, 0.6) is 0 Å². The molecule has 1 aromatic carbocycles. The molecule has 2 saturated heterocycles. The normalized spacial score (nSPS) is 30.2. The second kappa shape index (κ2) is 6.93. The van der Waals surface area contributed by atoms with Crippen molar-refractivity contribution in [3.8, 4) is 0 Å². The molecule has 30 heavy (non-hydrogen) atoms. The number of hydrogen-bond donors (Lipinski definition) is 0. The Morgan fingerprint density at radius 2 is 1.87 bits per heavy atom. The molecule has 3 atom stereocenters. The molecule has 1 aromatic heterocycles. The van der Waals surface area contributed by atoms with E-state index < -0.39 is 24.1 Å². The lowest BCUT2D eigenvalue weighted by atomic mass is 9.72. The van der Waals surface area contributed by atoms with E-state index in [2.05, 4.69) is 12.0 Å². The van der Waals surface area contributed by atoms with Crippen LogP contribution in [0, 0.1) is 11.7 Å². The van der Waals surface area contributed by atoms with E-state index in [0.29, 0.717) is 23.4 Å². The number of nitrogens with zero attached hydrogens (tertiary/aromatic N) is 2. The van der Waals surface area contributed by atoms with Gasteiger partial charge in [-0.25, -0.2) is 9.07 Å². The Morgan fingerprint density at radius 3 is 2.43 bits per heavy atom. The van der Waals surface area contributed by atoms with E-state index >= 15 is 4.39 Å². The fraction of sp³-hybridized carbons (Fsp3) is 0.682. The number of aromatic nitrogens is 2. The van der Waals surface area contributed by atoms with Crippen LogP contribution < -0.4 is 5.46 Å². The van der Waals surface area contributed by atoms with E-state index in [-0.39, 0.29) is 17.2 Å². The zero-order valence-corrected chi connectivity index (χ0v) is 19.1. The van der Waals surface area contributed by atoms with Crippen molar-refractivity contribution in [1.82, 2.24) is 9.78 Å². The van der Waals surface area contributed by atoms with Crippen molar-refractivity contribution < 1.29 is 18.4 Å². The summed E-state index contributed by atoms with van der Waals surface area (Å²) in [7, 11) is -0.622. The van der Waals surface area contributed by atoms with Crippen LogP contribution in [-0.4, -0.2) is 34.7 Å². The highest BCUT2D eigenvalue weighted by atomic mass is 35.5. The molecule has 0 spiro atoms. The molecule has 2 aromatic rings. The van der Waals surface area contributed by atoms with E-state index in [0.717, 1.165) is 36.7 Å². The molecule has 1 saturated carbocycles. The maximum absolute atomic E-state index is 15.7. The summed E-state index contributed by atoms with van der Waals surface area (Å²) in [6, 6.07) is 0. The number of ether oxygens (including phenoxy) is 1. The van der Waals surface area contributed by atoms with Crippen molar-refractivity contribution in [2.24, 2.45) is 5.92 Å². The largest absolute Gasteiger partial charge is 0.495 e. The second-order valence-corrected chi connectivity index (χ2v) is 10.4. The van der Waals surface area contributed by atoms with Gasteiger partial charge in [0.05, 0.1) is 22.4 Å². The molecule has 3 fully saturated rings. The van der Waals surface area contributed by atoms with Crippen molar-refractivity contribution in [2.75, 3.05) is 6.61 Å². The van der Waals surface area contributed by atoms with E-state index in [1.54, 1.807) is 10.9 Å². The summed E-state index contributed by atoms with van der Waals surface area (Å²) < 4.78 is 36.0. The van der Waals surface area contributed by atoms with Crippen LogP contribution in [-0.2, 0) is 14.0 Å². The van der Waals surface area contributed by atoms with Crippen molar-refractivity contribution in [1.29, 1.82) is 0 Å². The van der Waals surface area contributed by atoms with E-state index in [4.69, 9.17) is 25.6 Å². The van der Waals surface area contributed by atoms with E-state index in [1.807, 2.05) is 27.7 Å². The lowest BCUT2D eigenvalue weighted by Gasteiger charge is -2.32. The van der Waals surface area contributed by atoms with Gasteiger partial charge in [-0.3, -0.25) is 0 Å². The van der Waals surface area contributed by atoms with Crippen LogP contribution in [0.2, 0.25) is 5.02 Å². The zero-order chi connectivity index (χ0) is 21.4. The van der Waals surface area contributed by atoms with Gasteiger partial charge in [-0.05, 0) is 76.2 Å². The summed E-state index contributed by atoms with van der Waals surface area (Å²) >= 11 is 6.70. The predicted molar refractivity (Wildman–Crippen MR) is 116 cm³/mol. The Kier molecular flexibility index (Phi) is 4.79. The molecule has 1 aliphatic carbocycles. The minimum absolute atomic E-state index is 0.166. The number of benzene rings is 1. The molecule has 8 heteroatoms. The minimum Gasteiger partial charge on any atom is -0.399 e. The number of rotatable bonds is 3. The fourth-order valence-corrected chi connectivity index (χ4v) is 5.03. The first-order valence-electron chi connectivity index (χ1n) is 11.0. The molecule has 162 valence electrons. The van der Waals surface area contributed by atoms with Gasteiger partial charge in [0.2, 0.25) is 0 Å². The van der Waals surface area contributed by atoms with E-state index in [9.17, 15) is 0 Å². The van der Waals surface area contributed by atoms with Gasteiger partial charge in [0, 0.05) is 12.0 Å². The maximum atomic E-state index is 15.7. The van der Waals surface area contributed by atoms with Gasteiger partial charge in [-0.2, -0.15) is 5.10 Å². The van der Waals surface area contributed by atoms with Crippen LogP contribution in [0.15, 0.2) is 6.20 Å². The number of hydrogen-bond acceptors (Lipinski definition) is 4. The van der Waals surface area contributed by atoms with Gasteiger partial charge in [0.1, 0.15) is 5.52 Å². The topological polar surface area (TPSA) is 45.5 Å². The monoisotopic (exact) mass is 434 g/mol. The molecule has 5 rings (SSSR count). The third-order valence-electron chi connectivity index (χ3n) is 7.41. The van der Waals surface area contributed by atoms with Crippen molar-refractivity contribution in [3.63, 3.8) is 0 Å². The quantitative estimate of drug-likeness (QED) is 0.641. The Hall–Kier alpha value is -1.15. The third kappa shape index (κ3) is 3.04. The first-order valence-corrected chi connectivity index (χ1v) is 11.4. The highest BCUT2D eigenvalue weighted by Gasteiger charge is 2.54. The van der Waals surface area contributed by atoms with Crippen LogP contribution in [0.4, 0.5) is 4.39 Å². The van der Waals surface area contributed by atoms with Gasteiger partial charge >= 0.3 is 7.12 Å². The first kappa shape index (κ1) is 20.7. The highest BCUT2D eigenvalue weighted by molar-refractivity contribution is 6.66. The summed E-state index contributed by atoms with van der Waals surface area (Å²) in [6.45, 7) is 10.9. The molecular formula is C22H29BClFN2O3.